The second-order valence-electron chi connectivity index (χ2n) is 5.03. The number of urea groups is 1. The van der Waals surface area contributed by atoms with Crippen LogP contribution in [0, 0.1) is 23.6 Å². The van der Waals surface area contributed by atoms with Gasteiger partial charge in [-0.2, -0.15) is 13.2 Å². The molecule has 1 aromatic carbocycles. The number of carbonyl (C=O) groups excluding carboxylic acids is 1. The topological polar surface area (TPSA) is 41.1 Å². The highest BCUT2D eigenvalue weighted by molar-refractivity contribution is 5.94. The van der Waals surface area contributed by atoms with Gasteiger partial charge >= 0.3 is 12.2 Å². The standard InChI is InChI=1S/C14H10F4N2O/c15-9-2-1-3-10-11(9)13(14(16,17)18,20-12(21)19-10)7-6-8-4-5-8/h1-3,8H,4-5H2,(H2,19,20,21)/t13-/m0/s1. The molecule has 0 aromatic heterocycles. The quantitative estimate of drug-likeness (QED) is 0.561. The van der Waals surface area contributed by atoms with Crippen LogP contribution in [0.3, 0.4) is 0 Å². The Morgan fingerprint density at radius 2 is 2.00 bits per heavy atom. The van der Waals surface area contributed by atoms with Gasteiger partial charge in [0, 0.05) is 5.92 Å². The van der Waals surface area contributed by atoms with Crippen molar-refractivity contribution >= 4 is 11.7 Å². The molecule has 1 saturated carbocycles. The third kappa shape index (κ3) is 2.20. The summed E-state index contributed by atoms with van der Waals surface area (Å²) in [5, 5.41) is 3.93. The average molecular weight is 298 g/mol. The zero-order chi connectivity index (χ0) is 15.3. The molecule has 110 valence electrons. The maximum atomic E-state index is 14.0. The zero-order valence-corrected chi connectivity index (χ0v) is 10.6. The summed E-state index contributed by atoms with van der Waals surface area (Å²) in [6.07, 6.45) is -3.50. The van der Waals surface area contributed by atoms with Crippen LogP contribution in [0.15, 0.2) is 18.2 Å². The van der Waals surface area contributed by atoms with Crippen molar-refractivity contribution in [3.05, 3.63) is 29.6 Å². The Labute approximate surface area is 117 Å². The molecule has 1 fully saturated rings. The Hall–Kier alpha value is -2.23. The summed E-state index contributed by atoms with van der Waals surface area (Å²) in [7, 11) is 0. The van der Waals surface area contributed by atoms with Crippen LogP contribution in [0.4, 0.5) is 28.0 Å². The number of amides is 2. The molecule has 21 heavy (non-hydrogen) atoms. The third-order valence-electron chi connectivity index (χ3n) is 3.40. The molecule has 0 saturated heterocycles. The highest BCUT2D eigenvalue weighted by Crippen LogP contribution is 2.45. The molecule has 7 heteroatoms. The molecule has 1 heterocycles. The summed E-state index contributed by atoms with van der Waals surface area (Å²) in [6.45, 7) is 0. The molecule has 0 radical (unpaired) electrons. The van der Waals surface area contributed by atoms with Gasteiger partial charge in [0.25, 0.3) is 0 Å². The van der Waals surface area contributed by atoms with Crippen LogP contribution in [0.25, 0.3) is 0 Å². The Morgan fingerprint density at radius 1 is 1.29 bits per heavy atom. The van der Waals surface area contributed by atoms with Crippen molar-refractivity contribution in [1.29, 1.82) is 0 Å². The number of rotatable bonds is 0. The fraction of sp³-hybridized carbons (Fsp3) is 0.357. The third-order valence-corrected chi connectivity index (χ3v) is 3.40. The fourth-order valence-electron chi connectivity index (χ4n) is 2.21. The Morgan fingerprint density at radius 3 is 2.62 bits per heavy atom. The highest BCUT2D eigenvalue weighted by Gasteiger charge is 2.60. The van der Waals surface area contributed by atoms with Crippen LogP contribution in [-0.4, -0.2) is 12.2 Å². The van der Waals surface area contributed by atoms with Crippen LogP contribution in [-0.2, 0) is 5.54 Å². The van der Waals surface area contributed by atoms with Crippen molar-refractivity contribution in [2.45, 2.75) is 24.6 Å². The molecular formula is C14H10F4N2O. The summed E-state index contributed by atoms with van der Waals surface area (Å²) in [4.78, 5) is 11.5. The molecule has 3 rings (SSSR count). The molecule has 1 atom stereocenters. The first-order valence-electron chi connectivity index (χ1n) is 6.31. The molecule has 2 amide bonds. The number of carbonyl (C=O) groups is 1. The number of halogens is 4. The number of anilines is 1. The first-order valence-corrected chi connectivity index (χ1v) is 6.31. The second-order valence-corrected chi connectivity index (χ2v) is 5.03. The van der Waals surface area contributed by atoms with Crippen molar-refractivity contribution in [3.63, 3.8) is 0 Å². The first kappa shape index (κ1) is 13.7. The van der Waals surface area contributed by atoms with E-state index < -0.39 is 29.1 Å². The van der Waals surface area contributed by atoms with Crippen LogP contribution in [0.2, 0.25) is 0 Å². The largest absolute Gasteiger partial charge is 0.427 e. The van der Waals surface area contributed by atoms with E-state index >= 15 is 0 Å². The van der Waals surface area contributed by atoms with E-state index in [1.807, 2.05) is 0 Å². The minimum Gasteiger partial charge on any atom is -0.310 e. The Kier molecular flexibility index (Phi) is 2.87. The summed E-state index contributed by atoms with van der Waals surface area (Å²) >= 11 is 0. The van der Waals surface area contributed by atoms with E-state index in [1.165, 1.54) is 12.1 Å². The van der Waals surface area contributed by atoms with Crippen LogP contribution < -0.4 is 10.6 Å². The SMILES string of the molecule is O=C1Nc2cccc(F)c2[C@@](C#CC2CC2)(C(F)(F)F)N1. The maximum absolute atomic E-state index is 14.0. The van der Waals surface area contributed by atoms with Gasteiger partial charge in [-0.15, -0.1) is 0 Å². The lowest BCUT2D eigenvalue weighted by Gasteiger charge is -2.37. The summed E-state index contributed by atoms with van der Waals surface area (Å²) in [5.74, 6) is 3.37. The normalized spacial score (nSPS) is 24.3. The van der Waals surface area contributed by atoms with Gasteiger partial charge in [0.15, 0.2) is 0 Å². The molecule has 2 aliphatic rings. The van der Waals surface area contributed by atoms with Crippen molar-refractivity contribution in [3.8, 4) is 11.8 Å². The predicted octanol–water partition coefficient (Wildman–Crippen LogP) is 3.13. The van der Waals surface area contributed by atoms with E-state index in [0.717, 1.165) is 18.9 Å². The highest BCUT2D eigenvalue weighted by atomic mass is 19.4. The maximum Gasteiger partial charge on any atom is 0.427 e. The number of hydrogen-bond acceptors (Lipinski definition) is 1. The number of fused-ring (bicyclic) bond motifs is 1. The second kappa shape index (κ2) is 4.38. The molecule has 3 nitrogen and oxygen atoms in total. The lowest BCUT2D eigenvalue weighted by atomic mass is 9.86. The van der Waals surface area contributed by atoms with Gasteiger partial charge in [-0.3, -0.25) is 0 Å². The van der Waals surface area contributed by atoms with Gasteiger partial charge in [-0.05, 0) is 25.0 Å². The Bertz CT molecular complexity index is 670. The van der Waals surface area contributed by atoms with Crippen molar-refractivity contribution < 1.29 is 22.4 Å². The Balaban J connectivity index is 2.25. The molecule has 0 bridgehead atoms. The van der Waals surface area contributed by atoms with E-state index in [0.29, 0.717) is 0 Å². The molecule has 1 aliphatic heterocycles. The van der Waals surface area contributed by atoms with Crippen LogP contribution in [0.5, 0.6) is 0 Å². The molecular weight excluding hydrogens is 288 g/mol. The van der Waals surface area contributed by atoms with E-state index in [1.54, 1.807) is 5.32 Å². The summed E-state index contributed by atoms with van der Waals surface area (Å²) in [5.41, 5.74) is -3.93. The average Bonchev–Trinajstić information content (AvgIpc) is 3.18. The number of hydrogen-bond donors (Lipinski definition) is 2. The fourth-order valence-corrected chi connectivity index (χ4v) is 2.21. The molecule has 0 spiro atoms. The smallest absolute Gasteiger partial charge is 0.310 e. The minimum absolute atomic E-state index is 0.119. The van der Waals surface area contributed by atoms with Crippen LogP contribution >= 0.6 is 0 Å². The van der Waals surface area contributed by atoms with E-state index in [4.69, 9.17) is 0 Å². The van der Waals surface area contributed by atoms with E-state index in [2.05, 4.69) is 17.2 Å². The molecule has 1 aromatic rings. The van der Waals surface area contributed by atoms with Gasteiger partial charge < -0.3 is 10.6 Å². The number of alkyl halides is 3. The molecule has 1 aliphatic carbocycles. The van der Waals surface area contributed by atoms with Crippen molar-refractivity contribution in [1.82, 2.24) is 5.32 Å². The van der Waals surface area contributed by atoms with Crippen LogP contribution in [0.1, 0.15) is 18.4 Å². The van der Waals surface area contributed by atoms with Gasteiger partial charge in [-0.1, -0.05) is 17.9 Å². The number of benzene rings is 1. The van der Waals surface area contributed by atoms with Gasteiger partial charge in [0.1, 0.15) is 5.82 Å². The first-order chi connectivity index (χ1) is 9.83. The summed E-state index contributed by atoms with van der Waals surface area (Å²) < 4.78 is 54.8. The minimum atomic E-state index is -4.94. The van der Waals surface area contributed by atoms with Gasteiger partial charge in [0.2, 0.25) is 5.54 Å². The van der Waals surface area contributed by atoms with Crippen molar-refractivity contribution in [2.24, 2.45) is 5.92 Å². The van der Waals surface area contributed by atoms with E-state index in [9.17, 15) is 22.4 Å². The predicted molar refractivity (Wildman–Crippen MR) is 66.8 cm³/mol. The van der Waals surface area contributed by atoms with Gasteiger partial charge in [0.05, 0.1) is 11.3 Å². The number of nitrogens with one attached hydrogen (secondary N) is 2. The zero-order valence-electron chi connectivity index (χ0n) is 10.6. The van der Waals surface area contributed by atoms with E-state index in [-0.39, 0.29) is 11.6 Å². The lowest BCUT2D eigenvalue weighted by Crippen LogP contribution is -2.59. The molecule has 0 unspecified atom stereocenters. The summed E-state index contributed by atoms with van der Waals surface area (Å²) in [6, 6.07) is 2.30. The van der Waals surface area contributed by atoms with Gasteiger partial charge in [-0.25, -0.2) is 9.18 Å². The van der Waals surface area contributed by atoms with Crippen molar-refractivity contribution in [2.75, 3.05) is 5.32 Å². The molecule has 2 N–H and O–H groups in total. The monoisotopic (exact) mass is 298 g/mol. The lowest BCUT2D eigenvalue weighted by molar-refractivity contribution is -0.179.